The van der Waals surface area contributed by atoms with Gasteiger partial charge < -0.3 is 14.3 Å². The lowest BCUT2D eigenvalue weighted by Crippen LogP contribution is -2.36. The van der Waals surface area contributed by atoms with Gasteiger partial charge in [0, 0.05) is 25.3 Å². The Morgan fingerprint density at radius 3 is 2.08 bits per heavy atom. The van der Waals surface area contributed by atoms with E-state index in [1.54, 1.807) is 18.2 Å². The summed E-state index contributed by atoms with van der Waals surface area (Å²) in [5.74, 6) is -4.11. The van der Waals surface area contributed by atoms with Crippen LogP contribution < -0.4 is 0 Å². The molecular formula is C17H17NO8. The molecule has 138 valence electrons. The predicted molar refractivity (Wildman–Crippen MR) is 83.7 cm³/mol. The summed E-state index contributed by atoms with van der Waals surface area (Å²) in [5, 5.41) is 0.363. The van der Waals surface area contributed by atoms with E-state index in [1.165, 1.54) is 19.1 Å². The molecule has 0 aliphatic carbocycles. The van der Waals surface area contributed by atoms with E-state index < -0.39 is 41.9 Å². The second-order valence-corrected chi connectivity index (χ2v) is 5.47. The van der Waals surface area contributed by atoms with Crippen molar-refractivity contribution in [2.24, 2.45) is 0 Å². The highest BCUT2D eigenvalue weighted by molar-refractivity contribution is 6.01. The molecular weight excluding hydrogens is 346 g/mol. The molecule has 1 saturated heterocycles. The Morgan fingerprint density at radius 2 is 1.54 bits per heavy atom. The summed E-state index contributed by atoms with van der Waals surface area (Å²) in [6.07, 6.45) is -2.92. The van der Waals surface area contributed by atoms with Gasteiger partial charge in [0.15, 0.2) is 6.10 Å². The van der Waals surface area contributed by atoms with E-state index in [0.717, 1.165) is 6.92 Å². The number of esters is 2. The standard InChI is InChI=1S/C17H17NO8/c1-10(24-11(2)19)16(22)25-15(12-6-4-3-5-7-12)17(23)26-18-13(20)8-9-14(18)21/h3-7,10,15H,8-9H2,1-2H3. The Kier molecular flexibility index (Phi) is 6.05. The lowest BCUT2D eigenvalue weighted by Gasteiger charge is -2.21. The van der Waals surface area contributed by atoms with Crippen molar-refractivity contribution >= 4 is 29.7 Å². The molecule has 26 heavy (non-hydrogen) atoms. The number of amides is 2. The highest BCUT2D eigenvalue weighted by Gasteiger charge is 2.37. The Balaban J connectivity index is 2.17. The van der Waals surface area contributed by atoms with Crippen molar-refractivity contribution in [3.05, 3.63) is 35.9 Å². The van der Waals surface area contributed by atoms with Gasteiger partial charge >= 0.3 is 17.9 Å². The number of carbonyl (C=O) groups is 5. The van der Waals surface area contributed by atoms with Gasteiger partial charge in [0.25, 0.3) is 11.8 Å². The molecule has 1 heterocycles. The second-order valence-electron chi connectivity index (χ2n) is 5.47. The van der Waals surface area contributed by atoms with Crippen LogP contribution in [0, 0.1) is 0 Å². The van der Waals surface area contributed by atoms with E-state index in [4.69, 9.17) is 14.3 Å². The van der Waals surface area contributed by atoms with Crippen LogP contribution in [0.5, 0.6) is 0 Å². The Morgan fingerprint density at radius 1 is 0.962 bits per heavy atom. The maximum Gasteiger partial charge on any atom is 0.378 e. The molecule has 1 aliphatic rings. The maximum absolute atomic E-state index is 12.4. The first kappa shape index (κ1) is 19.1. The summed E-state index contributed by atoms with van der Waals surface area (Å²) in [5.41, 5.74) is 0.264. The SMILES string of the molecule is CC(=O)OC(C)C(=O)OC(C(=O)ON1C(=O)CCC1=O)c1ccccc1. The van der Waals surface area contributed by atoms with Crippen molar-refractivity contribution in [1.82, 2.24) is 5.06 Å². The number of hydrogen-bond acceptors (Lipinski definition) is 8. The van der Waals surface area contributed by atoms with Crippen molar-refractivity contribution in [2.45, 2.75) is 38.9 Å². The monoisotopic (exact) mass is 363 g/mol. The van der Waals surface area contributed by atoms with E-state index >= 15 is 0 Å². The molecule has 1 aromatic carbocycles. The quantitative estimate of drug-likeness (QED) is 0.539. The maximum atomic E-state index is 12.4. The minimum absolute atomic E-state index is 0.0641. The normalized spacial score (nSPS) is 16.0. The van der Waals surface area contributed by atoms with Crippen LogP contribution in [0.4, 0.5) is 0 Å². The fraction of sp³-hybridized carbons (Fsp3) is 0.353. The number of nitrogens with zero attached hydrogens (tertiary/aromatic N) is 1. The third kappa shape index (κ3) is 4.65. The highest BCUT2D eigenvalue weighted by Crippen LogP contribution is 2.22. The van der Waals surface area contributed by atoms with E-state index in [9.17, 15) is 24.0 Å². The molecule has 0 bridgehead atoms. The van der Waals surface area contributed by atoms with Crippen molar-refractivity contribution in [2.75, 3.05) is 0 Å². The molecule has 1 aliphatic heterocycles. The van der Waals surface area contributed by atoms with Crippen LogP contribution in [-0.2, 0) is 38.3 Å². The highest BCUT2D eigenvalue weighted by atomic mass is 16.7. The fourth-order valence-electron chi connectivity index (χ4n) is 2.18. The molecule has 9 nitrogen and oxygen atoms in total. The number of benzene rings is 1. The zero-order valence-corrected chi connectivity index (χ0v) is 14.2. The molecule has 0 aromatic heterocycles. The van der Waals surface area contributed by atoms with E-state index in [0.29, 0.717) is 5.06 Å². The van der Waals surface area contributed by atoms with Crippen LogP contribution in [0.3, 0.4) is 0 Å². The summed E-state index contributed by atoms with van der Waals surface area (Å²) in [7, 11) is 0. The molecule has 0 saturated carbocycles. The number of hydrogen-bond donors (Lipinski definition) is 0. The molecule has 0 N–H and O–H groups in total. The van der Waals surface area contributed by atoms with Gasteiger partial charge in [0.1, 0.15) is 0 Å². The first-order chi connectivity index (χ1) is 12.3. The Labute approximate surface area is 148 Å². The number of rotatable bonds is 6. The lowest BCUT2D eigenvalue weighted by atomic mass is 10.1. The van der Waals surface area contributed by atoms with Gasteiger partial charge in [0.2, 0.25) is 6.10 Å². The zero-order valence-electron chi connectivity index (χ0n) is 14.2. The van der Waals surface area contributed by atoms with Gasteiger partial charge in [-0.05, 0) is 6.92 Å². The van der Waals surface area contributed by atoms with Crippen LogP contribution in [0.1, 0.15) is 38.4 Å². The third-order valence-corrected chi connectivity index (χ3v) is 3.41. The van der Waals surface area contributed by atoms with Crippen LogP contribution in [-0.4, -0.2) is 40.9 Å². The number of hydroxylamine groups is 2. The van der Waals surface area contributed by atoms with Gasteiger partial charge in [-0.1, -0.05) is 30.3 Å². The van der Waals surface area contributed by atoms with Gasteiger partial charge in [0.05, 0.1) is 0 Å². The third-order valence-electron chi connectivity index (χ3n) is 3.41. The van der Waals surface area contributed by atoms with Crippen LogP contribution >= 0.6 is 0 Å². The smallest absolute Gasteiger partial charge is 0.378 e. The van der Waals surface area contributed by atoms with Gasteiger partial charge in [-0.25, -0.2) is 9.59 Å². The van der Waals surface area contributed by atoms with E-state index in [-0.39, 0.29) is 18.4 Å². The molecule has 1 aromatic rings. The summed E-state index contributed by atoms with van der Waals surface area (Å²) in [6.45, 7) is 2.40. The average molecular weight is 363 g/mol. The van der Waals surface area contributed by atoms with Gasteiger partial charge in [-0.2, -0.15) is 0 Å². The molecule has 2 atom stereocenters. The van der Waals surface area contributed by atoms with E-state index in [1.807, 2.05) is 0 Å². The second kappa shape index (κ2) is 8.24. The Hall–Kier alpha value is -3.23. The molecule has 0 spiro atoms. The summed E-state index contributed by atoms with van der Waals surface area (Å²) in [4.78, 5) is 63.5. The minimum atomic E-state index is -1.54. The number of imide groups is 1. The predicted octanol–water partition coefficient (Wildman–Crippen LogP) is 0.830. The fourth-order valence-corrected chi connectivity index (χ4v) is 2.18. The molecule has 2 amide bonds. The molecule has 9 heteroatoms. The van der Waals surface area contributed by atoms with Gasteiger partial charge in [-0.3, -0.25) is 14.4 Å². The first-order valence-electron chi connectivity index (χ1n) is 7.80. The average Bonchev–Trinajstić information content (AvgIpc) is 2.91. The summed E-state index contributed by atoms with van der Waals surface area (Å²) >= 11 is 0. The number of ether oxygens (including phenoxy) is 2. The molecule has 2 unspecified atom stereocenters. The van der Waals surface area contributed by atoms with E-state index in [2.05, 4.69) is 0 Å². The zero-order chi connectivity index (χ0) is 19.3. The molecule has 1 fully saturated rings. The topological polar surface area (TPSA) is 116 Å². The van der Waals surface area contributed by atoms with Crippen LogP contribution in [0.2, 0.25) is 0 Å². The van der Waals surface area contributed by atoms with Crippen LogP contribution in [0.15, 0.2) is 30.3 Å². The first-order valence-corrected chi connectivity index (χ1v) is 7.80. The molecule has 0 radical (unpaired) electrons. The Bertz CT molecular complexity index is 714. The largest absolute Gasteiger partial charge is 0.451 e. The molecule has 2 rings (SSSR count). The minimum Gasteiger partial charge on any atom is -0.451 e. The van der Waals surface area contributed by atoms with Gasteiger partial charge in [-0.15, -0.1) is 5.06 Å². The number of carbonyl (C=O) groups excluding carboxylic acids is 5. The summed E-state index contributed by atoms with van der Waals surface area (Å²) < 4.78 is 9.81. The van der Waals surface area contributed by atoms with Crippen molar-refractivity contribution in [3.8, 4) is 0 Å². The summed E-state index contributed by atoms with van der Waals surface area (Å²) in [6, 6.07) is 7.89. The van der Waals surface area contributed by atoms with Crippen molar-refractivity contribution < 1.29 is 38.3 Å². The van der Waals surface area contributed by atoms with Crippen molar-refractivity contribution in [1.29, 1.82) is 0 Å². The lowest BCUT2D eigenvalue weighted by molar-refractivity contribution is -0.207. The van der Waals surface area contributed by atoms with Crippen molar-refractivity contribution in [3.63, 3.8) is 0 Å². The van der Waals surface area contributed by atoms with Crippen LogP contribution in [0.25, 0.3) is 0 Å².